The minimum absolute atomic E-state index is 0.0242. The topological polar surface area (TPSA) is 66.5 Å². The van der Waals surface area contributed by atoms with E-state index in [1.165, 1.54) is 23.1 Å². The van der Waals surface area contributed by atoms with Crippen molar-refractivity contribution < 1.29 is 17.6 Å². The molecule has 104 valence electrons. The molecule has 1 N–H and O–H groups in total. The highest BCUT2D eigenvalue weighted by Gasteiger charge is 2.22. The lowest BCUT2D eigenvalue weighted by Crippen LogP contribution is -2.37. The van der Waals surface area contributed by atoms with Gasteiger partial charge in [0.05, 0.1) is 11.5 Å². The first-order valence-electron chi connectivity index (χ1n) is 5.98. The molecule has 1 heterocycles. The van der Waals surface area contributed by atoms with E-state index in [-0.39, 0.29) is 18.1 Å². The number of sulfone groups is 1. The zero-order valence-electron chi connectivity index (χ0n) is 10.3. The molecule has 1 fully saturated rings. The van der Waals surface area contributed by atoms with Crippen LogP contribution in [-0.2, 0) is 9.84 Å². The summed E-state index contributed by atoms with van der Waals surface area (Å²) in [6.45, 7) is 0.559. The van der Waals surface area contributed by atoms with E-state index in [1.54, 1.807) is 6.07 Å². The van der Waals surface area contributed by atoms with Crippen molar-refractivity contribution in [3.05, 3.63) is 30.1 Å². The van der Waals surface area contributed by atoms with Gasteiger partial charge >= 0.3 is 6.03 Å². The number of nitrogens with zero attached hydrogens (tertiary/aromatic N) is 1. The predicted molar refractivity (Wildman–Crippen MR) is 70.3 cm³/mol. The van der Waals surface area contributed by atoms with E-state index in [1.807, 2.05) is 0 Å². The van der Waals surface area contributed by atoms with Gasteiger partial charge in [0.2, 0.25) is 0 Å². The zero-order valence-corrected chi connectivity index (χ0v) is 11.1. The molecule has 1 aliphatic heterocycles. The Hall–Kier alpha value is -1.63. The third-order valence-electron chi connectivity index (χ3n) is 2.92. The summed E-state index contributed by atoms with van der Waals surface area (Å²) < 4.78 is 35.8. The molecular formula is C12H15FN2O3S. The fourth-order valence-electron chi connectivity index (χ4n) is 1.91. The molecule has 0 aliphatic carbocycles. The first kappa shape index (κ1) is 13.8. The van der Waals surface area contributed by atoms with Gasteiger partial charge < -0.3 is 10.2 Å². The van der Waals surface area contributed by atoms with Crippen LogP contribution in [0.5, 0.6) is 0 Å². The van der Waals surface area contributed by atoms with E-state index in [0.717, 1.165) is 0 Å². The first-order valence-corrected chi connectivity index (χ1v) is 7.80. The highest BCUT2D eigenvalue weighted by atomic mass is 32.2. The number of hydrogen-bond acceptors (Lipinski definition) is 3. The normalized spacial score (nSPS) is 18.7. The smallest absolute Gasteiger partial charge is 0.321 e. The molecule has 19 heavy (non-hydrogen) atoms. The summed E-state index contributed by atoms with van der Waals surface area (Å²) in [5.74, 6) is -0.350. The minimum Gasteiger partial charge on any atom is -0.323 e. The van der Waals surface area contributed by atoms with Crippen LogP contribution in [0, 0.1) is 5.82 Å². The Morgan fingerprint density at radius 2 is 2.05 bits per heavy atom. The maximum Gasteiger partial charge on any atom is 0.321 e. The number of nitrogens with one attached hydrogen (secondary N) is 1. The van der Waals surface area contributed by atoms with E-state index in [0.29, 0.717) is 18.7 Å². The molecule has 2 rings (SSSR count). The average Bonchev–Trinajstić information content (AvgIpc) is 2.50. The molecule has 2 amide bonds. The van der Waals surface area contributed by atoms with Gasteiger partial charge in [-0.1, -0.05) is 6.07 Å². The quantitative estimate of drug-likeness (QED) is 0.850. The van der Waals surface area contributed by atoms with Gasteiger partial charge in [-0.2, -0.15) is 0 Å². The maximum absolute atomic E-state index is 13.0. The van der Waals surface area contributed by atoms with Gasteiger partial charge in [0.1, 0.15) is 5.82 Å². The second kappa shape index (κ2) is 5.56. The third-order valence-corrected chi connectivity index (χ3v) is 4.63. The van der Waals surface area contributed by atoms with Crippen molar-refractivity contribution in [2.24, 2.45) is 0 Å². The number of rotatable bonds is 1. The monoisotopic (exact) mass is 286 g/mol. The van der Waals surface area contributed by atoms with E-state index in [4.69, 9.17) is 0 Å². The number of anilines is 1. The van der Waals surface area contributed by atoms with Gasteiger partial charge in [-0.3, -0.25) is 0 Å². The van der Waals surface area contributed by atoms with Crippen molar-refractivity contribution in [1.29, 1.82) is 0 Å². The lowest BCUT2D eigenvalue weighted by Gasteiger charge is -2.20. The Morgan fingerprint density at radius 3 is 2.79 bits per heavy atom. The predicted octanol–water partition coefficient (Wildman–Crippen LogP) is 1.48. The number of amides is 2. The molecule has 0 aromatic heterocycles. The van der Waals surface area contributed by atoms with Crippen LogP contribution >= 0.6 is 0 Å². The van der Waals surface area contributed by atoms with E-state index < -0.39 is 21.7 Å². The molecule has 0 radical (unpaired) electrons. The molecule has 0 bridgehead atoms. The van der Waals surface area contributed by atoms with Crippen LogP contribution in [0.4, 0.5) is 14.9 Å². The van der Waals surface area contributed by atoms with Gasteiger partial charge in [-0.05, 0) is 24.6 Å². The highest BCUT2D eigenvalue weighted by molar-refractivity contribution is 7.91. The largest absolute Gasteiger partial charge is 0.323 e. The molecule has 1 aromatic rings. The van der Waals surface area contributed by atoms with Gasteiger partial charge in [0.25, 0.3) is 0 Å². The number of halogens is 1. The molecule has 0 unspecified atom stereocenters. The summed E-state index contributed by atoms with van der Waals surface area (Å²) in [6.07, 6.45) is 0.429. The van der Waals surface area contributed by atoms with Crippen molar-refractivity contribution in [3.63, 3.8) is 0 Å². The minimum atomic E-state index is -3.05. The van der Waals surface area contributed by atoms with Gasteiger partial charge in [-0.25, -0.2) is 17.6 Å². The Morgan fingerprint density at radius 1 is 1.26 bits per heavy atom. The van der Waals surface area contributed by atoms with Crippen molar-refractivity contribution in [1.82, 2.24) is 4.90 Å². The summed E-state index contributed by atoms with van der Waals surface area (Å²) >= 11 is 0. The molecule has 1 aromatic carbocycles. The summed E-state index contributed by atoms with van der Waals surface area (Å²) in [4.78, 5) is 13.4. The van der Waals surface area contributed by atoms with Crippen molar-refractivity contribution in [2.75, 3.05) is 29.9 Å². The molecule has 0 saturated carbocycles. The molecule has 0 atom stereocenters. The van der Waals surface area contributed by atoms with Gasteiger partial charge in [-0.15, -0.1) is 0 Å². The lowest BCUT2D eigenvalue weighted by atomic mass is 10.3. The maximum atomic E-state index is 13.0. The fourth-order valence-corrected chi connectivity index (χ4v) is 3.18. The Labute approximate surface area is 111 Å². The van der Waals surface area contributed by atoms with Crippen LogP contribution in [0.1, 0.15) is 6.42 Å². The van der Waals surface area contributed by atoms with E-state index in [9.17, 15) is 17.6 Å². The Balaban J connectivity index is 2.00. The van der Waals surface area contributed by atoms with Crippen LogP contribution in [0.25, 0.3) is 0 Å². The van der Waals surface area contributed by atoms with E-state index >= 15 is 0 Å². The van der Waals surface area contributed by atoms with Gasteiger partial charge in [0.15, 0.2) is 9.84 Å². The van der Waals surface area contributed by atoms with E-state index in [2.05, 4.69) is 5.32 Å². The second-order valence-electron chi connectivity index (χ2n) is 4.43. The number of carbonyl (C=O) groups excluding carboxylic acids is 1. The number of benzene rings is 1. The van der Waals surface area contributed by atoms with Crippen molar-refractivity contribution in [3.8, 4) is 0 Å². The summed E-state index contributed by atoms with van der Waals surface area (Å²) in [5.41, 5.74) is 0.358. The van der Waals surface area contributed by atoms with Crippen LogP contribution in [0.2, 0.25) is 0 Å². The van der Waals surface area contributed by atoms with Gasteiger partial charge in [0, 0.05) is 18.8 Å². The SMILES string of the molecule is O=C(Nc1cccc(F)c1)N1CCCS(=O)(=O)CC1. The first-order chi connectivity index (χ1) is 8.96. The fraction of sp³-hybridized carbons (Fsp3) is 0.417. The zero-order chi connectivity index (χ0) is 13.9. The van der Waals surface area contributed by atoms with Crippen molar-refractivity contribution >= 4 is 21.6 Å². The number of hydrogen-bond donors (Lipinski definition) is 1. The van der Waals surface area contributed by atoms with Crippen LogP contribution in [-0.4, -0.2) is 43.9 Å². The second-order valence-corrected chi connectivity index (χ2v) is 6.74. The molecule has 1 aliphatic rings. The molecule has 0 spiro atoms. The molecule has 5 nitrogen and oxygen atoms in total. The highest BCUT2D eigenvalue weighted by Crippen LogP contribution is 2.11. The molecule has 7 heteroatoms. The summed E-state index contributed by atoms with van der Waals surface area (Å²) in [7, 11) is -3.05. The van der Waals surface area contributed by atoms with Crippen LogP contribution in [0.15, 0.2) is 24.3 Å². The Kier molecular flexibility index (Phi) is 4.04. The molecule has 1 saturated heterocycles. The lowest BCUT2D eigenvalue weighted by molar-refractivity contribution is 0.216. The summed E-state index contributed by atoms with van der Waals surface area (Å²) in [6, 6.07) is 5.18. The standard InChI is InChI=1S/C12H15FN2O3S/c13-10-3-1-4-11(9-10)14-12(16)15-5-2-7-19(17,18)8-6-15/h1,3-4,9H,2,5-8H2,(H,14,16). The average molecular weight is 286 g/mol. The van der Waals surface area contributed by atoms with Crippen molar-refractivity contribution in [2.45, 2.75) is 6.42 Å². The van der Waals surface area contributed by atoms with Crippen LogP contribution in [0.3, 0.4) is 0 Å². The summed E-state index contributed by atoms with van der Waals surface area (Å²) in [5, 5.41) is 2.56. The Bertz CT molecular complexity index is 574. The number of carbonyl (C=O) groups is 1. The third kappa shape index (κ3) is 3.92. The molecular weight excluding hydrogens is 271 g/mol. The van der Waals surface area contributed by atoms with Crippen LogP contribution < -0.4 is 5.32 Å². The number of urea groups is 1.